The van der Waals surface area contributed by atoms with E-state index in [0.29, 0.717) is 16.8 Å². The van der Waals surface area contributed by atoms with Gasteiger partial charge in [0.1, 0.15) is 17.7 Å². The first-order valence-corrected chi connectivity index (χ1v) is 13.1. The molecule has 2 aromatic rings. The van der Waals surface area contributed by atoms with Crippen molar-refractivity contribution in [2.75, 3.05) is 5.32 Å². The number of ether oxygens (including phenoxy) is 1. The van der Waals surface area contributed by atoms with Gasteiger partial charge in [-0.1, -0.05) is 57.0 Å². The van der Waals surface area contributed by atoms with Crippen LogP contribution in [-0.4, -0.2) is 40.5 Å². The third kappa shape index (κ3) is 7.16. The summed E-state index contributed by atoms with van der Waals surface area (Å²) in [5, 5.41) is 5.79. The number of amides is 3. The third-order valence-electron chi connectivity index (χ3n) is 6.61. The fourth-order valence-corrected chi connectivity index (χ4v) is 4.40. The number of hydrogen-bond acceptors (Lipinski definition) is 4. The number of benzene rings is 2. The highest BCUT2D eigenvalue weighted by molar-refractivity contribution is 5.99. The smallest absolute Gasteiger partial charge is 0.408 e. The van der Waals surface area contributed by atoms with E-state index in [9.17, 15) is 14.4 Å². The van der Waals surface area contributed by atoms with Crippen molar-refractivity contribution in [3.05, 3.63) is 65.2 Å². The van der Waals surface area contributed by atoms with Crippen LogP contribution in [0.3, 0.4) is 0 Å². The minimum atomic E-state index is -0.925. The number of rotatable bonds is 8. The van der Waals surface area contributed by atoms with Crippen LogP contribution >= 0.6 is 0 Å². The second-order valence-electron chi connectivity index (χ2n) is 11.4. The predicted molar refractivity (Wildman–Crippen MR) is 149 cm³/mol. The molecule has 1 aliphatic carbocycles. The van der Waals surface area contributed by atoms with Gasteiger partial charge in [0.05, 0.1) is 0 Å². The fourth-order valence-electron chi connectivity index (χ4n) is 4.40. The van der Waals surface area contributed by atoms with Crippen molar-refractivity contribution in [3.63, 3.8) is 0 Å². The van der Waals surface area contributed by atoms with Crippen LogP contribution in [0, 0.1) is 31.1 Å². The van der Waals surface area contributed by atoms with Gasteiger partial charge in [-0.2, -0.15) is 0 Å². The van der Waals surface area contributed by atoms with Gasteiger partial charge in [-0.25, -0.2) is 4.79 Å². The van der Waals surface area contributed by atoms with Crippen LogP contribution in [0.25, 0.3) is 0 Å². The molecule has 7 nitrogen and oxygen atoms in total. The average molecular weight is 518 g/mol. The zero-order valence-electron chi connectivity index (χ0n) is 23.4. The molecule has 2 N–H and O–H groups in total. The number of hydrogen-bond donors (Lipinski definition) is 2. The Hall–Kier alpha value is -3.79. The van der Waals surface area contributed by atoms with Crippen LogP contribution < -0.4 is 10.6 Å². The van der Waals surface area contributed by atoms with Gasteiger partial charge in [-0.15, -0.1) is 6.42 Å². The second-order valence-corrected chi connectivity index (χ2v) is 11.4. The standard InChI is InChI=1S/C31H39N3O4/c1-9-22-14-16-23(17-15-22)27(28(35)32-24-13-11-10-12-20(24)4)34(25-18-21(25)5)29(36)26(19(2)3)33-30(37)38-31(6,7)8/h1,10-17,19,21,25-27H,18H2,2-8H3,(H,32,35)(H,33,37). The highest BCUT2D eigenvalue weighted by Gasteiger charge is 2.48. The molecule has 0 saturated heterocycles. The number of aryl methyl sites for hydroxylation is 1. The molecule has 0 bridgehead atoms. The van der Waals surface area contributed by atoms with Gasteiger partial charge in [-0.05, 0) is 75.3 Å². The lowest BCUT2D eigenvalue weighted by atomic mass is 9.97. The topological polar surface area (TPSA) is 87.7 Å². The number of terminal acetylenes is 1. The van der Waals surface area contributed by atoms with Gasteiger partial charge in [0.15, 0.2) is 0 Å². The van der Waals surface area contributed by atoms with E-state index >= 15 is 0 Å². The Labute approximate surface area is 226 Å². The summed E-state index contributed by atoms with van der Waals surface area (Å²) >= 11 is 0. The van der Waals surface area contributed by atoms with Crippen molar-refractivity contribution in [3.8, 4) is 12.3 Å². The fraction of sp³-hybridized carbons (Fsp3) is 0.452. The van der Waals surface area contributed by atoms with Gasteiger partial charge in [0, 0.05) is 17.3 Å². The van der Waals surface area contributed by atoms with Gasteiger partial charge in [-0.3, -0.25) is 9.59 Å². The molecule has 3 amide bonds. The van der Waals surface area contributed by atoms with Crippen LogP contribution in [0.5, 0.6) is 0 Å². The SMILES string of the molecule is C#Cc1ccc(C(C(=O)Nc2ccccc2C)N(C(=O)C(NC(=O)OC(C)(C)C)C(C)C)C2CC2C)cc1. The summed E-state index contributed by atoms with van der Waals surface area (Å²) in [5.74, 6) is 1.91. The monoisotopic (exact) mass is 517 g/mol. The lowest BCUT2D eigenvalue weighted by Gasteiger charge is -2.36. The molecule has 38 heavy (non-hydrogen) atoms. The number of carbonyl (C=O) groups excluding carboxylic acids is 3. The normalized spacial score (nSPS) is 18.1. The molecule has 0 spiro atoms. The van der Waals surface area contributed by atoms with E-state index in [4.69, 9.17) is 11.2 Å². The second kappa shape index (κ2) is 11.7. The molecule has 0 heterocycles. The first kappa shape index (κ1) is 28.8. The van der Waals surface area contributed by atoms with Crippen LogP contribution in [-0.2, 0) is 14.3 Å². The molecule has 3 rings (SSSR count). The maximum absolute atomic E-state index is 14.2. The molecule has 1 saturated carbocycles. The summed E-state index contributed by atoms with van der Waals surface area (Å²) in [6.07, 6.45) is 5.65. The lowest BCUT2D eigenvalue weighted by molar-refractivity contribution is -0.142. The number of nitrogens with zero attached hydrogens (tertiary/aromatic N) is 1. The summed E-state index contributed by atoms with van der Waals surface area (Å²) in [7, 11) is 0. The Morgan fingerprint density at radius 1 is 1.08 bits per heavy atom. The molecule has 1 aliphatic rings. The minimum absolute atomic E-state index is 0.149. The van der Waals surface area contributed by atoms with Crippen molar-refractivity contribution in [2.45, 2.75) is 78.6 Å². The molecule has 0 aromatic heterocycles. The number of para-hydroxylation sites is 1. The van der Waals surface area contributed by atoms with Crippen LogP contribution in [0.4, 0.5) is 10.5 Å². The van der Waals surface area contributed by atoms with Crippen molar-refractivity contribution in [1.82, 2.24) is 10.2 Å². The summed E-state index contributed by atoms with van der Waals surface area (Å²) < 4.78 is 5.44. The van der Waals surface area contributed by atoms with Crippen LogP contribution in [0.15, 0.2) is 48.5 Å². The molecule has 4 unspecified atom stereocenters. The van der Waals surface area contributed by atoms with E-state index in [1.807, 2.05) is 52.0 Å². The number of alkyl carbamates (subject to hydrolysis) is 1. The number of nitrogens with one attached hydrogen (secondary N) is 2. The molecule has 202 valence electrons. The molecule has 4 atom stereocenters. The molecule has 7 heteroatoms. The summed E-state index contributed by atoms with van der Waals surface area (Å²) in [6, 6.07) is 12.7. The van der Waals surface area contributed by atoms with Crippen molar-refractivity contribution in [2.24, 2.45) is 11.8 Å². The Bertz CT molecular complexity index is 1210. The van der Waals surface area contributed by atoms with Crippen molar-refractivity contribution < 1.29 is 19.1 Å². The Morgan fingerprint density at radius 2 is 1.68 bits per heavy atom. The van der Waals surface area contributed by atoms with Gasteiger partial charge in [0.25, 0.3) is 5.91 Å². The quantitative estimate of drug-likeness (QED) is 0.456. The van der Waals surface area contributed by atoms with Crippen molar-refractivity contribution >= 4 is 23.6 Å². The van der Waals surface area contributed by atoms with Crippen molar-refractivity contribution in [1.29, 1.82) is 0 Å². The van der Waals surface area contributed by atoms with E-state index < -0.39 is 23.8 Å². The Morgan fingerprint density at radius 3 is 2.18 bits per heavy atom. The molecule has 2 aromatic carbocycles. The van der Waals surface area contributed by atoms with E-state index in [0.717, 1.165) is 12.0 Å². The number of carbonyl (C=O) groups is 3. The summed E-state index contributed by atoms with van der Waals surface area (Å²) in [6.45, 7) is 13.0. The third-order valence-corrected chi connectivity index (χ3v) is 6.61. The largest absolute Gasteiger partial charge is 0.444 e. The summed E-state index contributed by atoms with van der Waals surface area (Å²) in [4.78, 5) is 42.5. The van der Waals surface area contributed by atoms with Gasteiger partial charge >= 0.3 is 6.09 Å². The van der Waals surface area contributed by atoms with E-state index in [1.165, 1.54) is 0 Å². The zero-order valence-corrected chi connectivity index (χ0v) is 23.4. The highest BCUT2D eigenvalue weighted by atomic mass is 16.6. The van der Waals surface area contributed by atoms with E-state index in [-0.39, 0.29) is 29.7 Å². The minimum Gasteiger partial charge on any atom is -0.444 e. The predicted octanol–water partition coefficient (Wildman–Crippen LogP) is 5.44. The van der Waals surface area contributed by atoms with Gasteiger partial charge < -0.3 is 20.3 Å². The van der Waals surface area contributed by atoms with E-state index in [2.05, 4.69) is 16.6 Å². The number of anilines is 1. The zero-order chi connectivity index (χ0) is 28.2. The molecular formula is C31H39N3O4. The van der Waals surface area contributed by atoms with Crippen LogP contribution in [0.1, 0.15) is 70.7 Å². The molecule has 1 fully saturated rings. The maximum atomic E-state index is 14.2. The van der Waals surface area contributed by atoms with E-state index in [1.54, 1.807) is 49.9 Å². The molecular weight excluding hydrogens is 478 g/mol. The highest BCUT2D eigenvalue weighted by Crippen LogP contribution is 2.41. The summed E-state index contributed by atoms with van der Waals surface area (Å²) in [5.41, 5.74) is 2.19. The Kier molecular flexibility index (Phi) is 8.88. The average Bonchev–Trinajstić information content (AvgIpc) is 3.56. The lowest BCUT2D eigenvalue weighted by Crippen LogP contribution is -2.55. The first-order chi connectivity index (χ1) is 17.8. The van der Waals surface area contributed by atoms with Crippen LogP contribution in [0.2, 0.25) is 0 Å². The Balaban J connectivity index is 2.03. The molecule has 0 aliphatic heterocycles. The van der Waals surface area contributed by atoms with Gasteiger partial charge in [0.2, 0.25) is 5.91 Å². The first-order valence-electron chi connectivity index (χ1n) is 13.1. The molecule has 0 radical (unpaired) electrons. The maximum Gasteiger partial charge on any atom is 0.408 e.